The number of alkyl halides is 1. The van der Waals surface area contributed by atoms with E-state index in [0.717, 1.165) is 0 Å². The first-order valence-electron chi connectivity index (χ1n) is 5.55. The summed E-state index contributed by atoms with van der Waals surface area (Å²) in [6.45, 7) is 4.41. The van der Waals surface area contributed by atoms with E-state index in [2.05, 4.69) is 51.8 Å². The number of thiophene rings is 1. The molecule has 1 rings (SSSR count). The van der Waals surface area contributed by atoms with Crippen molar-refractivity contribution in [1.82, 2.24) is 0 Å². The Morgan fingerprint density at radius 1 is 1.33 bits per heavy atom. The normalized spacial score (nSPS) is 13.1. The highest BCUT2D eigenvalue weighted by Gasteiger charge is 2.11. The lowest BCUT2D eigenvalue weighted by Gasteiger charge is -2.06. The highest BCUT2D eigenvalue weighted by atomic mass is 79.9. The number of aryl methyl sites for hydroxylation is 1. The van der Waals surface area contributed by atoms with E-state index in [-0.39, 0.29) is 0 Å². The van der Waals surface area contributed by atoms with E-state index in [1.807, 2.05) is 11.3 Å². The van der Waals surface area contributed by atoms with E-state index in [1.165, 1.54) is 46.3 Å². The third-order valence-electron chi connectivity index (χ3n) is 2.50. The van der Waals surface area contributed by atoms with Gasteiger partial charge in [0, 0.05) is 9.70 Å². The molecule has 0 N–H and O–H groups in total. The van der Waals surface area contributed by atoms with Crippen molar-refractivity contribution in [2.24, 2.45) is 0 Å². The summed E-state index contributed by atoms with van der Waals surface area (Å²) in [6, 6.07) is 2.29. The van der Waals surface area contributed by atoms with Crippen LogP contribution in [0.15, 0.2) is 9.85 Å². The second kappa shape index (κ2) is 7.08. The molecule has 0 aliphatic carbocycles. The summed E-state index contributed by atoms with van der Waals surface area (Å²) < 4.78 is 1.27. The fourth-order valence-electron chi connectivity index (χ4n) is 1.53. The van der Waals surface area contributed by atoms with Crippen molar-refractivity contribution in [2.75, 3.05) is 0 Å². The molecule has 1 aromatic heterocycles. The fourth-order valence-corrected chi connectivity index (χ4v) is 3.85. The average Bonchev–Trinajstić information content (AvgIpc) is 2.54. The van der Waals surface area contributed by atoms with E-state index in [0.29, 0.717) is 4.83 Å². The van der Waals surface area contributed by atoms with Gasteiger partial charge in [-0.25, -0.2) is 0 Å². The number of rotatable bonds is 6. The van der Waals surface area contributed by atoms with E-state index in [9.17, 15) is 0 Å². The Labute approximate surface area is 114 Å². The first-order valence-corrected chi connectivity index (χ1v) is 8.07. The van der Waals surface area contributed by atoms with Crippen molar-refractivity contribution < 1.29 is 0 Å². The molecule has 0 aliphatic rings. The Kier molecular flexibility index (Phi) is 6.48. The minimum Gasteiger partial charge on any atom is -0.132 e. The van der Waals surface area contributed by atoms with Gasteiger partial charge >= 0.3 is 0 Å². The fraction of sp³-hybridized carbons (Fsp3) is 0.667. The van der Waals surface area contributed by atoms with E-state index >= 15 is 0 Å². The summed E-state index contributed by atoms with van der Waals surface area (Å²) in [5.74, 6) is 0. The molecule has 0 spiro atoms. The van der Waals surface area contributed by atoms with Crippen molar-refractivity contribution >= 4 is 43.2 Å². The van der Waals surface area contributed by atoms with Crippen LogP contribution in [0.4, 0.5) is 0 Å². The lowest BCUT2D eigenvalue weighted by atomic mass is 10.1. The van der Waals surface area contributed by atoms with Crippen LogP contribution in [0.2, 0.25) is 0 Å². The Morgan fingerprint density at radius 3 is 2.60 bits per heavy atom. The van der Waals surface area contributed by atoms with E-state index in [4.69, 9.17) is 0 Å². The molecule has 0 nitrogen and oxygen atoms in total. The molecule has 0 aliphatic heterocycles. The van der Waals surface area contributed by atoms with Gasteiger partial charge in [0.2, 0.25) is 0 Å². The number of halogens is 2. The highest BCUT2D eigenvalue weighted by Crippen LogP contribution is 2.37. The second-order valence-electron chi connectivity index (χ2n) is 3.92. The smallest absolute Gasteiger partial charge is 0.0730 e. The van der Waals surface area contributed by atoms with Crippen molar-refractivity contribution in [2.45, 2.75) is 50.8 Å². The predicted octanol–water partition coefficient (Wildman–Crippen LogP) is 6.23. The van der Waals surface area contributed by atoms with Gasteiger partial charge in [-0.2, -0.15) is 0 Å². The quantitative estimate of drug-likeness (QED) is 0.420. The summed E-state index contributed by atoms with van der Waals surface area (Å²) in [5.41, 5.74) is 1.35. The largest absolute Gasteiger partial charge is 0.132 e. The molecule has 15 heavy (non-hydrogen) atoms. The molecule has 1 aromatic rings. The van der Waals surface area contributed by atoms with E-state index in [1.54, 1.807) is 0 Å². The van der Waals surface area contributed by atoms with Crippen LogP contribution in [-0.2, 0) is 0 Å². The standard InChI is InChI=1S/C12H18Br2S/c1-3-4-5-6-7-10(13)11-8-9(2)12(14)15-11/h8,10H,3-7H2,1-2H3. The molecule has 1 heterocycles. The molecule has 0 aromatic carbocycles. The first-order chi connectivity index (χ1) is 7.15. The Morgan fingerprint density at radius 2 is 2.07 bits per heavy atom. The average molecular weight is 354 g/mol. The maximum atomic E-state index is 3.78. The zero-order chi connectivity index (χ0) is 11.3. The third kappa shape index (κ3) is 4.58. The second-order valence-corrected chi connectivity index (χ2v) is 7.43. The van der Waals surface area contributed by atoms with Crippen LogP contribution in [0.25, 0.3) is 0 Å². The SMILES string of the molecule is CCCCCCC(Br)c1cc(C)c(Br)s1. The maximum absolute atomic E-state index is 3.78. The topological polar surface area (TPSA) is 0 Å². The van der Waals surface area contributed by atoms with Crippen molar-refractivity contribution in [3.63, 3.8) is 0 Å². The summed E-state index contributed by atoms with van der Waals surface area (Å²) in [6.07, 6.45) is 6.64. The van der Waals surface area contributed by atoms with Crippen LogP contribution < -0.4 is 0 Å². The van der Waals surface area contributed by atoms with Gasteiger partial charge < -0.3 is 0 Å². The molecule has 0 fully saturated rings. The Bertz CT molecular complexity index is 274. The number of hydrogen-bond donors (Lipinski definition) is 0. The Balaban J connectivity index is 2.36. The van der Waals surface area contributed by atoms with Crippen LogP contribution in [0.1, 0.15) is 54.3 Å². The lowest BCUT2D eigenvalue weighted by Crippen LogP contribution is -1.86. The maximum Gasteiger partial charge on any atom is 0.0730 e. The molecule has 0 amide bonds. The molecule has 0 saturated carbocycles. The van der Waals surface area contributed by atoms with Gasteiger partial charge in [-0.3, -0.25) is 0 Å². The molecule has 0 bridgehead atoms. The highest BCUT2D eigenvalue weighted by molar-refractivity contribution is 9.11. The molecule has 0 saturated heterocycles. The minimum atomic E-state index is 0.546. The minimum absolute atomic E-state index is 0.546. The summed E-state index contributed by atoms with van der Waals surface area (Å²) in [4.78, 5) is 2.00. The van der Waals surface area contributed by atoms with Crippen LogP contribution in [0.3, 0.4) is 0 Å². The molecule has 1 atom stereocenters. The zero-order valence-corrected chi connectivity index (χ0v) is 13.3. The zero-order valence-electron chi connectivity index (χ0n) is 9.35. The summed E-state index contributed by atoms with van der Waals surface area (Å²) >= 11 is 9.21. The van der Waals surface area contributed by atoms with Gasteiger partial charge in [0.15, 0.2) is 0 Å². The van der Waals surface area contributed by atoms with Gasteiger partial charge in [0.05, 0.1) is 3.79 Å². The molecular weight excluding hydrogens is 336 g/mol. The third-order valence-corrected chi connectivity index (χ3v) is 6.00. The lowest BCUT2D eigenvalue weighted by molar-refractivity contribution is 0.632. The van der Waals surface area contributed by atoms with Gasteiger partial charge in [-0.05, 0) is 40.9 Å². The molecule has 86 valence electrons. The monoisotopic (exact) mass is 352 g/mol. The molecule has 0 radical (unpaired) electrons. The summed E-state index contributed by atoms with van der Waals surface area (Å²) in [5, 5.41) is 0. The van der Waals surface area contributed by atoms with Crippen LogP contribution in [0, 0.1) is 6.92 Å². The van der Waals surface area contributed by atoms with Crippen molar-refractivity contribution in [3.8, 4) is 0 Å². The van der Waals surface area contributed by atoms with Gasteiger partial charge in [0.1, 0.15) is 0 Å². The number of unbranched alkanes of at least 4 members (excludes halogenated alkanes) is 3. The van der Waals surface area contributed by atoms with E-state index < -0.39 is 0 Å². The first kappa shape index (κ1) is 13.7. The summed E-state index contributed by atoms with van der Waals surface area (Å²) in [7, 11) is 0. The van der Waals surface area contributed by atoms with Gasteiger partial charge in [-0.1, -0.05) is 48.5 Å². The van der Waals surface area contributed by atoms with Crippen molar-refractivity contribution in [1.29, 1.82) is 0 Å². The molecule has 3 heteroatoms. The predicted molar refractivity (Wildman–Crippen MR) is 77.2 cm³/mol. The van der Waals surface area contributed by atoms with Gasteiger partial charge in [-0.15, -0.1) is 11.3 Å². The van der Waals surface area contributed by atoms with Crippen LogP contribution in [0.5, 0.6) is 0 Å². The molecular formula is C12H18Br2S. The van der Waals surface area contributed by atoms with Crippen molar-refractivity contribution in [3.05, 3.63) is 20.3 Å². The van der Waals surface area contributed by atoms with Crippen LogP contribution >= 0.6 is 43.2 Å². The van der Waals surface area contributed by atoms with Crippen LogP contribution in [-0.4, -0.2) is 0 Å². The Hall–Kier alpha value is 0.660. The number of hydrogen-bond acceptors (Lipinski definition) is 1. The van der Waals surface area contributed by atoms with Gasteiger partial charge in [0.25, 0.3) is 0 Å². The molecule has 1 unspecified atom stereocenters.